The van der Waals surface area contributed by atoms with Gasteiger partial charge in [-0.15, -0.1) is 0 Å². The van der Waals surface area contributed by atoms with Crippen molar-refractivity contribution >= 4 is 23.6 Å². The number of carbonyl (C=O) groups excluding carboxylic acids is 1. The van der Waals surface area contributed by atoms with E-state index in [1.165, 1.54) is 11.8 Å². The maximum atomic E-state index is 12.4. The first kappa shape index (κ1) is 14.8. The Morgan fingerprint density at radius 2 is 1.79 bits per heavy atom. The molecule has 1 aliphatic heterocycles. The van der Waals surface area contributed by atoms with Gasteiger partial charge in [0.05, 0.1) is 12.0 Å². The van der Waals surface area contributed by atoms with Crippen LogP contribution in [0.25, 0.3) is 17.3 Å². The van der Waals surface area contributed by atoms with E-state index in [2.05, 4.69) is 4.98 Å². The summed E-state index contributed by atoms with van der Waals surface area (Å²) in [5.74, 6) is 0.926. The number of aromatic amines is 1. The zero-order valence-electron chi connectivity index (χ0n) is 13.1. The van der Waals surface area contributed by atoms with E-state index in [9.17, 15) is 4.79 Å². The quantitative estimate of drug-likeness (QED) is 0.684. The van der Waals surface area contributed by atoms with Crippen LogP contribution in [-0.4, -0.2) is 17.9 Å². The van der Waals surface area contributed by atoms with Crippen molar-refractivity contribution in [2.45, 2.75) is 4.90 Å². The summed E-state index contributed by atoms with van der Waals surface area (Å²) >= 11 is 1.52. The molecule has 24 heavy (non-hydrogen) atoms. The number of aromatic nitrogens is 1. The van der Waals surface area contributed by atoms with Crippen molar-refractivity contribution in [3.63, 3.8) is 0 Å². The second-order valence-electron chi connectivity index (χ2n) is 5.49. The number of rotatable bonds is 3. The summed E-state index contributed by atoms with van der Waals surface area (Å²) in [6.45, 7) is 0. The summed E-state index contributed by atoms with van der Waals surface area (Å²) in [7, 11) is 1.65. The molecule has 3 nitrogen and oxygen atoms in total. The normalized spacial score (nSPS) is 14.9. The van der Waals surface area contributed by atoms with Gasteiger partial charge in [-0.1, -0.05) is 23.9 Å². The number of benzene rings is 2. The van der Waals surface area contributed by atoms with Crippen LogP contribution in [-0.2, 0) is 0 Å². The zero-order chi connectivity index (χ0) is 16.5. The zero-order valence-corrected chi connectivity index (χ0v) is 13.9. The van der Waals surface area contributed by atoms with Crippen LogP contribution in [0, 0.1) is 0 Å². The minimum Gasteiger partial charge on any atom is -0.497 e. The monoisotopic (exact) mass is 333 g/mol. The fraction of sp³-hybridized carbons (Fsp3) is 0.0500. The van der Waals surface area contributed by atoms with Gasteiger partial charge in [-0.05, 0) is 60.2 Å². The largest absolute Gasteiger partial charge is 0.497 e. The van der Waals surface area contributed by atoms with Crippen LogP contribution in [0.5, 0.6) is 5.75 Å². The van der Waals surface area contributed by atoms with E-state index < -0.39 is 0 Å². The average Bonchev–Trinajstić information content (AvgIpc) is 3.21. The Morgan fingerprint density at radius 1 is 1.00 bits per heavy atom. The number of H-pyrrole nitrogens is 1. The van der Waals surface area contributed by atoms with Gasteiger partial charge >= 0.3 is 0 Å². The molecule has 1 aromatic heterocycles. The van der Waals surface area contributed by atoms with Crippen LogP contribution in [0.1, 0.15) is 16.1 Å². The molecule has 2 aromatic carbocycles. The number of allylic oxidation sites excluding steroid dienone is 1. The Morgan fingerprint density at radius 3 is 2.54 bits per heavy atom. The third-order valence-corrected chi connectivity index (χ3v) is 5.07. The van der Waals surface area contributed by atoms with Crippen molar-refractivity contribution in [2.75, 3.05) is 7.11 Å². The molecule has 0 aliphatic carbocycles. The fourth-order valence-corrected chi connectivity index (χ4v) is 3.75. The highest BCUT2D eigenvalue weighted by Gasteiger charge is 2.25. The number of thioether (sulfide) groups is 1. The number of nitrogens with one attached hydrogen (secondary N) is 1. The molecule has 4 rings (SSSR count). The van der Waals surface area contributed by atoms with Gasteiger partial charge in [0.25, 0.3) is 0 Å². The number of Topliss-reactive ketones (excluding diaryl/α,β-unsaturated/α-hetero) is 1. The number of carbonyl (C=O) groups is 1. The maximum Gasteiger partial charge on any atom is 0.200 e. The molecule has 1 aliphatic rings. The summed E-state index contributed by atoms with van der Waals surface area (Å²) in [4.78, 5) is 17.6. The van der Waals surface area contributed by atoms with Gasteiger partial charge in [-0.3, -0.25) is 4.79 Å². The summed E-state index contributed by atoms with van der Waals surface area (Å²) in [5, 5.41) is 0. The number of methoxy groups -OCH3 is 1. The molecule has 3 aromatic rings. The predicted molar refractivity (Wildman–Crippen MR) is 97.4 cm³/mol. The maximum absolute atomic E-state index is 12.4. The Hall–Kier alpha value is -2.72. The van der Waals surface area contributed by atoms with Crippen molar-refractivity contribution in [1.29, 1.82) is 0 Å². The van der Waals surface area contributed by atoms with Crippen LogP contribution in [0.3, 0.4) is 0 Å². The minimum atomic E-state index is 0.0937. The first-order valence-electron chi connectivity index (χ1n) is 7.61. The molecule has 0 radical (unpaired) electrons. The summed E-state index contributed by atoms with van der Waals surface area (Å²) < 4.78 is 5.18. The molecule has 2 heterocycles. The number of hydrogen-bond acceptors (Lipinski definition) is 3. The highest BCUT2D eigenvalue weighted by Crippen LogP contribution is 2.40. The predicted octanol–water partition coefficient (Wildman–Crippen LogP) is 5.02. The summed E-state index contributed by atoms with van der Waals surface area (Å²) in [6.07, 6.45) is 1.92. The van der Waals surface area contributed by atoms with Crippen LogP contribution in [0.15, 0.2) is 70.5 Å². The van der Waals surface area contributed by atoms with Crippen LogP contribution in [0.2, 0.25) is 0 Å². The van der Waals surface area contributed by atoms with Crippen molar-refractivity contribution < 1.29 is 9.53 Å². The van der Waals surface area contributed by atoms with Crippen LogP contribution < -0.4 is 4.74 Å². The molecule has 1 N–H and O–H groups in total. The van der Waals surface area contributed by atoms with E-state index in [1.807, 2.05) is 66.7 Å². The first-order valence-corrected chi connectivity index (χ1v) is 8.43. The van der Waals surface area contributed by atoms with Crippen LogP contribution >= 0.6 is 11.8 Å². The van der Waals surface area contributed by atoms with E-state index in [1.54, 1.807) is 7.11 Å². The molecule has 0 bridgehead atoms. The van der Waals surface area contributed by atoms with Crippen molar-refractivity contribution in [3.05, 3.63) is 76.8 Å². The third kappa shape index (κ3) is 2.65. The molecular weight excluding hydrogens is 318 g/mol. The Kier molecular flexibility index (Phi) is 3.75. The Bertz CT molecular complexity index is 938. The average molecular weight is 333 g/mol. The molecule has 118 valence electrons. The first-order chi connectivity index (χ1) is 11.7. The van der Waals surface area contributed by atoms with Crippen molar-refractivity contribution in [2.24, 2.45) is 0 Å². The number of hydrogen-bond donors (Lipinski definition) is 1. The Balaban J connectivity index is 1.61. The van der Waals surface area contributed by atoms with Gasteiger partial charge in [0.2, 0.25) is 5.78 Å². The molecule has 0 amide bonds. The SMILES string of the molecule is COc1ccc(-c2ccc(/C=C3\Sc4ccccc4C3=O)[nH]2)cc1. The molecule has 0 fully saturated rings. The highest BCUT2D eigenvalue weighted by molar-refractivity contribution is 8.04. The van der Waals surface area contributed by atoms with Gasteiger partial charge in [-0.25, -0.2) is 0 Å². The third-order valence-electron chi connectivity index (χ3n) is 3.97. The van der Waals surface area contributed by atoms with Crippen molar-refractivity contribution in [1.82, 2.24) is 4.98 Å². The van der Waals surface area contributed by atoms with E-state index in [0.29, 0.717) is 0 Å². The van der Waals surface area contributed by atoms with E-state index in [-0.39, 0.29) is 5.78 Å². The van der Waals surface area contributed by atoms with Gasteiger partial charge in [0.15, 0.2) is 0 Å². The molecule has 4 heteroatoms. The van der Waals surface area contributed by atoms with Crippen molar-refractivity contribution in [3.8, 4) is 17.0 Å². The fourth-order valence-electron chi connectivity index (χ4n) is 2.71. The molecule has 0 saturated carbocycles. The van der Waals surface area contributed by atoms with Crippen LogP contribution in [0.4, 0.5) is 0 Å². The van der Waals surface area contributed by atoms with Gasteiger partial charge in [0, 0.05) is 21.8 Å². The molecule has 0 spiro atoms. The van der Waals surface area contributed by atoms with Gasteiger partial charge in [0.1, 0.15) is 5.75 Å². The summed E-state index contributed by atoms with van der Waals surface area (Å²) in [6, 6.07) is 19.6. The summed E-state index contributed by atoms with van der Waals surface area (Å²) in [5.41, 5.74) is 3.80. The molecule has 0 saturated heterocycles. The highest BCUT2D eigenvalue weighted by atomic mass is 32.2. The number of ketones is 1. The lowest BCUT2D eigenvalue weighted by Gasteiger charge is -2.01. The van der Waals surface area contributed by atoms with Gasteiger partial charge in [-0.2, -0.15) is 0 Å². The van der Waals surface area contributed by atoms with E-state index in [4.69, 9.17) is 4.74 Å². The number of ether oxygens (including phenoxy) is 1. The second kappa shape index (κ2) is 6.06. The topological polar surface area (TPSA) is 42.1 Å². The van der Waals surface area contributed by atoms with E-state index in [0.717, 1.165) is 38.1 Å². The molecule has 0 atom stereocenters. The Labute approximate surface area is 144 Å². The number of fused-ring (bicyclic) bond motifs is 1. The lowest BCUT2D eigenvalue weighted by Crippen LogP contribution is -1.93. The standard InChI is InChI=1S/C20H15NO2S/c1-23-15-9-6-13(7-10-15)17-11-8-14(21-17)12-19-20(22)16-4-2-3-5-18(16)24-19/h2-12,21H,1H3/b19-12-. The lowest BCUT2D eigenvalue weighted by molar-refractivity contribution is 0.104. The molecular formula is C20H15NO2S. The van der Waals surface area contributed by atoms with E-state index >= 15 is 0 Å². The lowest BCUT2D eigenvalue weighted by atomic mass is 10.1. The second-order valence-corrected chi connectivity index (χ2v) is 6.58. The smallest absolute Gasteiger partial charge is 0.200 e. The minimum absolute atomic E-state index is 0.0937. The molecule has 0 unspecified atom stereocenters. The van der Waals surface area contributed by atoms with Gasteiger partial charge < -0.3 is 9.72 Å².